The molecule has 206 valence electrons. The number of fused-ring (bicyclic) bond motifs is 2. The molecule has 0 bridgehead atoms. The van der Waals surface area contributed by atoms with Crippen molar-refractivity contribution in [3.63, 3.8) is 0 Å². The van der Waals surface area contributed by atoms with E-state index in [2.05, 4.69) is 20.9 Å². The van der Waals surface area contributed by atoms with Gasteiger partial charge in [-0.05, 0) is 61.7 Å². The summed E-state index contributed by atoms with van der Waals surface area (Å²) in [5, 5.41) is 4.24. The number of aryl methyl sites for hydroxylation is 1. The molecule has 40 heavy (non-hydrogen) atoms. The number of imidazole rings is 1. The molecule has 0 radical (unpaired) electrons. The van der Waals surface area contributed by atoms with Gasteiger partial charge in [-0.25, -0.2) is 14.2 Å². The lowest BCUT2D eigenvalue weighted by molar-refractivity contribution is 0.209. The zero-order valence-electron chi connectivity index (χ0n) is 22.6. The van der Waals surface area contributed by atoms with Gasteiger partial charge in [0.05, 0.1) is 28.5 Å². The van der Waals surface area contributed by atoms with E-state index in [9.17, 15) is 14.0 Å². The first-order valence-corrected chi connectivity index (χ1v) is 13.9. The Bertz CT molecular complexity index is 1760. The number of halogens is 1. The third-order valence-electron chi connectivity index (χ3n) is 7.92. The van der Waals surface area contributed by atoms with E-state index < -0.39 is 0 Å². The molecule has 5 aromatic rings. The van der Waals surface area contributed by atoms with Gasteiger partial charge in [-0.3, -0.25) is 13.9 Å². The van der Waals surface area contributed by atoms with Crippen molar-refractivity contribution < 1.29 is 4.39 Å². The van der Waals surface area contributed by atoms with Gasteiger partial charge in [0.2, 0.25) is 5.95 Å². The molecule has 3 aromatic carbocycles. The van der Waals surface area contributed by atoms with Crippen LogP contribution in [-0.4, -0.2) is 49.3 Å². The molecule has 6 rings (SSSR count). The monoisotopic (exact) mass is 540 g/mol. The summed E-state index contributed by atoms with van der Waals surface area (Å²) < 4.78 is 18.7. The Hall–Kier alpha value is -4.24. The van der Waals surface area contributed by atoms with Crippen molar-refractivity contribution in [1.82, 2.24) is 23.6 Å². The van der Waals surface area contributed by atoms with E-state index in [0.717, 1.165) is 48.5 Å². The quantitative estimate of drug-likeness (QED) is 0.318. The number of hydrogen-bond acceptors (Lipinski definition) is 5. The molecule has 0 saturated carbocycles. The normalized spacial score (nSPS) is 14.8. The molecule has 0 amide bonds. The van der Waals surface area contributed by atoms with Gasteiger partial charge in [0.25, 0.3) is 5.56 Å². The molecular formula is C31H33FN6O2. The molecule has 0 aliphatic carbocycles. The van der Waals surface area contributed by atoms with E-state index in [1.54, 1.807) is 10.6 Å². The maximum Gasteiger partial charge on any atom is 0.331 e. The number of rotatable bonds is 8. The second-order valence-electron chi connectivity index (χ2n) is 10.4. The van der Waals surface area contributed by atoms with Crippen LogP contribution in [0.3, 0.4) is 0 Å². The average molecular weight is 541 g/mol. The molecule has 9 heteroatoms. The molecule has 1 aliphatic heterocycles. The van der Waals surface area contributed by atoms with Crippen molar-refractivity contribution in [2.24, 2.45) is 0 Å². The van der Waals surface area contributed by atoms with Crippen LogP contribution in [0.5, 0.6) is 0 Å². The van der Waals surface area contributed by atoms with Crippen molar-refractivity contribution >= 4 is 27.9 Å². The molecule has 0 unspecified atom stereocenters. The van der Waals surface area contributed by atoms with Crippen molar-refractivity contribution in [2.75, 3.05) is 25.0 Å². The van der Waals surface area contributed by atoms with Crippen LogP contribution in [-0.2, 0) is 19.6 Å². The van der Waals surface area contributed by atoms with Gasteiger partial charge < -0.3 is 14.8 Å². The fourth-order valence-corrected chi connectivity index (χ4v) is 5.72. The Morgan fingerprint density at radius 2 is 1.55 bits per heavy atom. The lowest BCUT2D eigenvalue weighted by Gasteiger charge is -2.32. The lowest BCUT2D eigenvalue weighted by atomic mass is 10.1. The predicted octanol–water partition coefficient (Wildman–Crippen LogP) is 4.30. The number of nitrogens with one attached hydrogen (secondary N) is 1. The van der Waals surface area contributed by atoms with Crippen LogP contribution < -0.4 is 16.6 Å². The van der Waals surface area contributed by atoms with E-state index in [-0.39, 0.29) is 23.1 Å². The number of anilines is 1. The largest absolute Gasteiger partial charge is 0.353 e. The van der Waals surface area contributed by atoms with Gasteiger partial charge in [-0.1, -0.05) is 36.4 Å². The maximum atomic E-state index is 13.5. The molecule has 2 aromatic heterocycles. The Morgan fingerprint density at radius 3 is 2.30 bits per heavy atom. The first kappa shape index (κ1) is 26.0. The summed E-state index contributed by atoms with van der Waals surface area (Å²) in [6.45, 7) is 5.77. The van der Waals surface area contributed by atoms with E-state index in [4.69, 9.17) is 4.98 Å². The molecule has 3 heterocycles. The van der Waals surface area contributed by atoms with Crippen molar-refractivity contribution in [3.8, 4) is 0 Å². The average Bonchev–Trinajstić information content (AvgIpc) is 3.32. The summed E-state index contributed by atoms with van der Waals surface area (Å²) in [6.07, 6.45) is 1.84. The van der Waals surface area contributed by atoms with Gasteiger partial charge in [-0.2, -0.15) is 0 Å². The highest BCUT2D eigenvalue weighted by molar-refractivity contribution is 5.79. The van der Waals surface area contributed by atoms with Gasteiger partial charge in [0.15, 0.2) is 0 Å². The number of benzene rings is 3. The summed E-state index contributed by atoms with van der Waals surface area (Å²) in [4.78, 5) is 33.4. The standard InChI is InChI=1S/C31H33FN6O2/c1-2-36-27-9-5-3-7-25(27)29(39)37(31(36)40)20-19-35-17-15-24(16-18-35)33-30-34-26-8-4-6-10-28(26)38(30)21-22-11-13-23(32)14-12-22/h3-14,24H,2,15-21H2,1H3,(H,33,34). The van der Waals surface area contributed by atoms with Gasteiger partial charge >= 0.3 is 5.69 Å². The molecule has 1 saturated heterocycles. The van der Waals surface area contributed by atoms with E-state index in [1.807, 2.05) is 55.5 Å². The van der Waals surface area contributed by atoms with Gasteiger partial charge in [0.1, 0.15) is 5.82 Å². The molecule has 0 atom stereocenters. The first-order chi connectivity index (χ1) is 19.5. The van der Waals surface area contributed by atoms with Crippen molar-refractivity contribution in [2.45, 2.75) is 45.4 Å². The summed E-state index contributed by atoms with van der Waals surface area (Å²) in [5.41, 5.74) is 3.18. The van der Waals surface area contributed by atoms with E-state index in [1.165, 1.54) is 16.7 Å². The number of nitrogens with zero attached hydrogens (tertiary/aromatic N) is 5. The minimum absolute atomic E-state index is 0.220. The van der Waals surface area contributed by atoms with E-state index >= 15 is 0 Å². The van der Waals surface area contributed by atoms with Crippen LogP contribution >= 0.6 is 0 Å². The zero-order chi connectivity index (χ0) is 27.6. The Labute approximate surface area is 231 Å². The summed E-state index contributed by atoms with van der Waals surface area (Å²) in [6, 6.07) is 22.2. The zero-order valence-corrected chi connectivity index (χ0v) is 22.6. The van der Waals surface area contributed by atoms with Gasteiger partial charge in [-0.15, -0.1) is 0 Å². The predicted molar refractivity (Wildman–Crippen MR) is 156 cm³/mol. The van der Waals surface area contributed by atoms with Crippen LogP contribution in [0.2, 0.25) is 0 Å². The minimum atomic E-state index is -0.247. The highest BCUT2D eigenvalue weighted by Gasteiger charge is 2.22. The second kappa shape index (κ2) is 11.1. The van der Waals surface area contributed by atoms with Crippen molar-refractivity contribution in [3.05, 3.63) is 105 Å². The van der Waals surface area contributed by atoms with Crippen LogP contribution in [0, 0.1) is 5.82 Å². The van der Waals surface area contributed by atoms with Crippen LogP contribution in [0.1, 0.15) is 25.3 Å². The number of likely N-dealkylation sites (tertiary alicyclic amines) is 1. The first-order valence-electron chi connectivity index (χ1n) is 13.9. The Balaban J connectivity index is 1.13. The van der Waals surface area contributed by atoms with Gasteiger partial charge in [0, 0.05) is 38.8 Å². The summed E-state index contributed by atoms with van der Waals surface area (Å²) in [7, 11) is 0. The molecule has 8 nitrogen and oxygen atoms in total. The highest BCUT2D eigenvalue weighted by Crippen LogP contribution is 2.24. The lowest BCUT2D eigenvalue weighted by Crippen LogP contribution is -2.45. The highest BCUT2D eigenvalue weighted by atomic mass is 19.1. The van der Waals surface area contributed by atoms with E-state index in [0.29, 0.717) is 37.1 Å². The number of aromatic nitrogens is 4. The number of para-hydroxylation sites is 3. The SMILES string of the molecule is CCn1c(=O)n(CCN2CCC(Nc3nc4ccccc4n3Cc3ccc(F)cc3)CC2)c(=O)c2ccccc21. The summed E-state index contributed by atoms with van der Waals surface area (Å²) >= 11 is 0. The molecule has 1 N–H and O–H groups in total. The smallest absolute Gasteiger partial charge is 0.331 e. The molecule has 1 fully saturated rings. The van der Waals surface area contributed by atoms with Crippen LogP contribution in [0.4, 0.5) is 10.3 Å². The minimum Gasteiger partial charge on any atom is -0.353 e. The summed E-state index contributed by atoms with van der Waals surface area (Å²) in [5.74, 6) is 0.567. The number of piperidine rings is 1. The van der Waals surface area contributed by atoms with Crippen LogP contribution in [0.15, 0.2) is 82.4 Å². The topological polar surface area (TPSA) is 77.1 Å². The Kier molecular flexibility index (Phi) is 7.21. The van der Waals surface area contributed by atoms with Crippen LogP contribution in [0.25, 0.3) is 21.9 Å². The number of hydrogen-bond donors (Lipinski definition) is 1. The third kappa shape index (κ3) is 5.04. The van der Waals surface area contributed by atoms with Crippen molar-refractivity contribution in [1.29, 1.82) is 0 Å². The maximum absolute atomic E-state index is 13.5. The molecule has 1 aliphatic rings. The molecular weight excluding hydrogens is 507 g/mol. The fourth-order valence-electron chi connectivity index (χ4n) is 5.72. The molecule has 0 spiro atoms. The third-order valence-corrected chi connectivity index (χ3v) is 7.92. The second-order valence-corrected chi connectivity index (χ2v) is 10.4. The fraction of sp³-hybridized carbons (Fsp3) is 0.323. The Morgan fingerprint density at radius 1 is 0.850 bits per heavy atom.